The normalized spacial score (nSPS) is 12.2. The van der Waals surface area contributed by atoms with Gasteiger partial charge in [0, 0.05) is 24.9 Å². The maximum absolute atomic E-state index is 13.2. The number of thioether (sulfide) groups is 1. The van der Waals surface area contributed by atoms with Gasteiger partial charge in [-0.1, -0.05) is 18.5 Å². The highest BCUT2D eigenvalue weighted by molar-refractivity contribution is 7.99. The molecule has 142 valence electrons. The van der Waals surface area contributed by atoms with Gasteiger partial charge in [-0.25, -0.2) is 9.07 Å². The second-order valence-corrected chi connectivity index (χ2v) is 7.29. The Morgan fingerprint density at radius 2 is 2.27 bits per heavy atom. The minimum Gasteiger partial charge on any atom is -0.309 e. The number of carbonyl (C=O) groups excluding carboxylic acids is 1. The molecular weight excluding hydrogens is 375 g/mol. The summed E-state index contributed by atoms with van der Waals surface area (Å²) < 4.78 is 14.8. The van der Waals surface area contributed by atoms with Gasteiger partial charge in [0.15, 0.2) is 5.15 Å². The van der Waals surface area contributed by atoms with Crippen molar-refractivity contribution in [3.05, 3.63) is 35.9 Å². The predicted molar refractivity (Wildman–Crippen MR) is 106 cm³/mol. The maximum Gasteiger partial charge on any atom is 0.227 e. The third-order valence-corrected chi connectivity index (χ3v) is 5.33. The zero-order valence-corrected chi connectivity index (χ0v) is 16.6. The zero-order chi connectivity index (χ0) is 18.9. The van der Waals surface area contributed by atoms with Crippen LogP contribution in [0.15, 0.2) is 30.7 Å². The van der Waals surface area contributed by atoms with Gasteiger partial charge in [-0.15, -0.1) is 0 Å². The summed E-state index contributed by atoms with van der Waals surface area (Å²) in [5.41, 5.74) is 1.36. The van der Waals surface area contributed by atoms with Crippen molar-refractivity contribution in [3.63, 3.8) is 0 Å². The van der Waals surface area contributed by atoms with Crippen LogP contribution in [-0.4, -0.2) is 44.9 Å². The standard InChI is InChI=1S/C18H24ClFN4OS/c1-3-14(20)13-26-10-6-8-17(25)23(4-2)16-12-24(22-18(16)19)15-7-5-9-21-11-15/h5,7,9,11-12,14H,3-4,6,8,10,13H2,1-2H3. The lowest BCUT2D eigenvalue weighted by Gasteiger charge is -2.19. The third kappa shape index (κ3) is 5.71. The number of carbonyl (C=O) groups is 1. The molecule has 0 radical (unpaired) electrons. The van der Waals surface area contributed by atoms with Crippen LogP contribution in [0.5, 0.6) is 0 Å². The molecule has 26 heavy (non-hydrogen) atoms. The van der Waals surface area contributed by atoms with E-state index in [0.29, 0.717) is 37.2 Å². The van der Waals surface area contributed by atoms with Crippen LogP contribution in [0.25, 0.3) is 5.69 Å². The molecule has 1 amide bonds. The topological polar surface area (TPSA) is 51.0 Å². The Morgan fingerprint density at radius 3 is 2.92 bits per heavy atom. The van der Waals surface area contributed by atoms with Gasteiger partial charge in [-0.3, -0.25) is 9.78 Å². The van der Waals surface area contributed by atoms with Crippen LogP contribution in [0.3, 0.4) is 0 Å². The first-order valence-electron chi connectivity index (χ1n) is 8.74. The van der Waals surface area contributed by atoms with Crippen molar-refractivity contribution >= 4 is 35.0 Å². The Balaban J connectivity index is 1.95. The molecule has 2 rings (SSSR count). The van der Waals surface area contributed by atoms with Gasteiger partial charge in [0.2, 0.25) is 5.91 Å². The van der Waals surface area contributed by atoms with Crippen LogP contribution in [0.4, 0.5) is 10.1 Å². The maximum atomic E-state index is 13.2. The smallest absolute Gasteiger partial charge is 0.227 e. The van der Waals surface area contributed by atoms with E-state index in [1.54, 1.807) is 39.9 Å². The number of hydrogen-bond acceptors (Lipinski definition) is 4. The van der Waals surface area contributed by atoms with Crippen molar-refractivity contribution in [2.75, 3.05) is 23.0 Å². The second-order valence-electron chi connectivity index (χ2n) is 5.78. The van der Waals surface area contributed by atoms with Gasteiger partial charge < -0.3 is 4.90 Å². The molecule has 0 aliphatic carbocycles. The first-order chi connectivity index (χ1) is 12.6. The minimum atomic E-state index is -0.764. The fourth-order valence-corrected chi connectivity index (χ4v) is 3.66. The first-order valence-corrected chi connectivity index (χ1v) is 10.3. The predicted octanol–water partition coefficient (Wildman–Crippen LogP) is 4.54. The molecule has 0 saturated carbocycles. The lowest BCUT2D eigenvalue weighted by molar-refractivity contribution is -0.118. The van der Waals surface area contributed by atoms with Gasteiger partial charge in [0.1, 0.15) is 11.9 Å². The summed E-state index contributed by atoms with van der Waals surface area (Å²) in [7, 11) is 0. The number of hydrogen-bond donors (Lipinski definition) is 0. The van der Waals surface area contributed by atoms with Gasteiger partial charge in [0.25, 0.3) is 0 Å². The number of anilines is 1. The lowest BCUT2D eigenvalue weighted by Crippen LogP contribution is -2.30. The largest absolute Gasteiger partial charge is 0.309 e. The van der Waals surface area contributed by atoms with Crippen LogP contribution in [-0.2, 0) is 4.79 Å². The van der Waals surface area contributed by atoms with E-state index in [4.69, 9.17) is 11.6 Å². The molecule has 0 saturated heterocycles. The Morgan fingerprint density at radius 1 is 1.46 bits per heavy atom. The van der Waals surface area contributed by atoms with Crippen LogP contribution >= 0.6 is 23.4 Å². The van der Waals surface area contributed by atoms with Crippen molar-refractivity contribution in [2.24, 2.45) is 0 Å². The van der Waals surface area contributed by atoms with E-state index in [0.717, 1.165) is 11.4 Å². The molecule has 2 aromatic rings. The van der Waals surface area contributed by atoms with E-state index < -0.39 is 6.17 Å². The summed E-state index contributed by atoms with van der Waals surface area (Å²) in [5.74, 6) is 1.26. The highest BCUT2D eigenvalue weighted by Gasteiger charge is 2.20. The van der Waals surface area contributed by atoms with Gasteiger partial charge in [-0.2, -0.15) is 16.9 Å². The van der Waals surface area contributed by atoms with Crippen molar-refractivity contribution < 1.29 is 9.18 Å². The Bertz CT molecular complexity index is 698. The molecule has 5 nitrogen and oxygen atoms in total. The number of alkyl halides is 1. The van der Waals surface area contributed by atoms with Crippen LogP contribution in [0, 0.1) is 0 Å². The van der Waals surface area contributed by atoms with Crippen molar-refractivity contribution in [2.45, 2.75) is 39.3 Å². The Hall–Kier alpha value is -1.60. The molecule has 0 bridgehead atoms. The molecule has 0 aliphatic heterocycles. The summed E-state index contributed by atoms with van der Waals surface area (Å²) in [6.07, 6.45) is 5.99. The number of amides is 1. The van der Waals surface area contributed by atoms with E-state index in [-0.39, 0.29) is 11.1 Å². The molecule has 2 heterocycles. The molecular formula is C18H24ClFN4OS. The van der Waals surface area contributed by atoms with E-state index in [1.807, 2.05) is 26.0 Å². The van der Waals surface area contributed by atoms with Crippen molar-refractivity contribution in [1.29, 1.82) is 0 Å². The summed E-state index contributed by atoms with van der Waals surface area (Å²) >= 11 is 7.81. The number of nitrogens with zero attached hydrogens (tertiary/aromatic N) is 4. The van der Waals surface area contributed by atoms with Crippen LogP contribution in [0.1, 0.15) is 33.1 Å². The molecule has 0 aromatic carbocycles. The summed E-state index contributed by atoms with van der Waals surface area (Å²) in [6, 6.07) is 3.68. The van der Waals surface area contributed by atoms with E-state index in [2.05, 4.69) is 10.1 Å². The van der Waals surface area contributed by atoms with Gasteiger partial charge >= 0.3 is 0 Å². The fourth-order valence-electron chi connectivity index (χ4n) is 2.42. The van der Waals surface area contributed by atoms with Gasteiger partial charge in [0.05, 0.1) is 18.1 Å². The molecule has 0 spiro atoms. The molecule has 0 aliphatic rings. The van der Waals surface area contributed by atoms with Crippen LogP contribution in [0.2, 0.25) is 5.15 Å². The van der Waals surface area contributed by atoms with Gasteiger partial charge in [-0.05, 0) is 37.7 Å². The van der Waals surface area contributed by atoms with Crippen LogP contribution < -0.4 is 4.90 Å². The Kier molecular flexibility index (Phi) is 8.38. The second kappa shape index (κ2) is 10.5. The third-order valence-electron chi connectivity index (χ3n) is 3.89. The molecule has 2 aromatic heterocycles. The lowest BCUT2D eigenvalue weighted by atomic mass is 10.3. The zero-order valence-electron chi connectivity index (χ0n) is 15.1. The average Bonchev–Trinajstić information content (AvgIpc) is 3.04. The molecule has 8 heteroatoms. The number of aromatic nitrogens is 3. The molecule has 0 N–H and O–H groups in total. The highest BCUT2D eigenvalue weighted by Crippen LogP contribution is 2.26. The first kappa shape index (κ1) is 20.7. The van der Waals surface area contributed by atoms with Crippen molar-refractivity contribution in [3.8, 4) is 5.69 Å². The van der Waals surface area contributed by atoms with E-state index >= 15 is 0 Å². The fraction of sp³-hybridized carbons (Fsp3) is 0.500. The minimum absolute atomic E-state index is 0.00646. The van der Waals surface area contributed by atoms with Crippen molar-refractivity contribution in [1.82, 2.24) is 14.8 Å². The summed E-state index contributed by atoms with van der Waals surface area (Å²) in [4.78, 5) is 18.3. The number of rotatable bonds is 10. The molecule has 0 fully saturated rings. The summed E-state index contributed by atoms with van der Waals surface area (Å²) in [6.45, 7) is 4.25. The number of pyridine rings is 1. The highest BCUT2D eigenvalue weighted by atomic mass is 35.5. The molecule has 1 unspecified atom stereocenters. The summed E-state index contributed by atoms with van der Waals surface area (Å²) in [5, 5.41) is 4.55. The quantitative estimate of drug-likeness (QED) is 0.551. The Labute approximate surface area is 162 Å². The molecule has 1 atom stereocenters. The monoisotopic (exact) mass is 398 g/mol. The SMILES string of the molecule is CCC(F)CSCCCC(=O)N(CC)c1cn(-c2cccnc2)nc1Cl. The number of halogens is 2. The average molecular weight is 399 g/mol. The van der Waals surface area contributed by atoms with E-state index in [1.165, 1.54) is 0 Å². The van der Waals surface area contributed by atoms with E-state index in [9.17, 15) is 9.18 Å².